The summed E-state index contributed by atoms with van der Waals surface area (Å²) < 4.78 is 21.1. The SMILES string of the molecule is CCCP(=O)(CCC)c1ccc(Nc2nc(C3CCCC3)nc3c2ncn3CCc2cccc(OC(=O)NCCC(N)=O)c2)cc1. The highest BCUT2D eigenvalue weighted by Crippen LogP contribution is 2.45. The van der Waals surface area contributed by atoms with Crippen molar-refractivity contribution in [2.45, 2.75) is 77.7 Å². The summed E-state index contributed by atoms with van der Waals surface area (Å²) in [7, 11) is -2.40. The predicted octanol–water partition coefficient (Wildman–Crippen LogP) is 6.24. The van der Waals surface area contributed by atoms with E-state index >= 15 is 0 Å². The number of amides is 2. The molecule has 0 spiro atoms. The van der Waals surface area contributed by atoms with Gasteiger partial charge in [0.25, 0.3) is 0 Å². The van der Waals surface area contributed by atoms with Crippen LogP contribution in [0.15, 0.2) is 54.9 Å². The highest BCUT2D eigenvalue weighted by atomic mass is 31.2. The van der Waals surface area contributed by atoms with E-state index < -0.39 is 19.1 Å². The molecule has 0 atom stereocenters. The Morgan fingerprint density at radius 1 is 1.04 bits per heavy atom. The number of aromatic nitrogens is 4. The second-order valence-corrected chi connectivity index (χ2v) is 15.1. The zero-order valence-corrected chi connectivity index (χ0v) is 27.6. The minimum Gasteiger partial charge on any atom is -0.410 e. The maximum Gasteiger partial charge on any atom is 0.412 e. The molecule has 2 aromatic carbocycles. The van der Waals surface area contributed by atoms with Crippen molar-refractivity contribution in [3.63, 3.8) is 0 Å². The lowest BCUT2D eigenvalue weighted by Crippen LogP contribution is -2.30. The first-order valence-corrected chi connectivity index (χ1v) is 18.4. The lowest BCUT2D eigenvalue weighted by Gasteiger charge is -2.18. The standard InChI is InChI=1S/C34H44N7O4P/c1-3-20-46(44,21-4-2)28-14-12-26(13-15-28)38-32-30-33(40-31(39-32)25-9-5-6-10-25)41(23-37-30)19-17-24-8-7-11-27(22-24)45-34(43)36-18-16-29(35)42/h7-8,11-15,22-23,25H,3-6,9-10,16-21H2,1-2H3,(H2,35,42)(H,36,43)(H,38,39,40). The lowest BCUT2D eigenvalue weighted by atomic mass is 10.1. The monoisotopic (exact) mass is 645 g/mol. The number of primary amides is 1. The summed E-state index contributed by atoms with van der Waals surface area (Å²) >= 11 is 0. The van der Waals surface area contributed by atoms with Crippen molar-refractivity contribution in [3.05, 3.63) is 66.2 Å². The third kappa shape index (κ3) is 8.31. The molecular weight excluding hydrogens is 601 g/mol. The number of ether oxygens (including phenoxy) is 1. The van der Waals surface area contributed by atoms with Crippen molar-refractivity contribution in [1.82, 2.24) is 24.8 Å². The van der Waals surface area contributed by atoms with Crippen LogP contribution in [0.4, 0.5) is 16.3 Å². The molecule has 0 unspecified atom stereocenters. The third-order valence-electron chi connectivity index (χ3n) is 8.36. The molecule has 244 valence electrons. The molecule has 1 fully saturated rings. The van der Waals surface area contributed by atoms with Gasteiger partial charge in [0.05, 0.1) is 6.33 Å². The number of fused-ring (bicyclic) bond motifs is 1. The molecule has 1 saturated carbocycles. The number of nitrogens with two attached hydrogens (primary N) is 1. The van der Waals surface area contributed by atoms with E-state index in [0.717, 1.165) is 66.0 Å². The van der Waals surface area contributed by atoms with E-state index in [9.17, 15) is 14.2 Å². The molecule has 2 heterocycles. The van der Waals surface area contributed by atoms with Gasteiger partial charge in [0.2, 0.25) is 5.91 Å². The Hall–Kier alpha value is -4.24. The number of hydrogen-bond acceptors (Lipinski definition) is 8. The van der Waals surface area contributed by atoms with E-state index in [4.69, 9.17) is 25.4 Å². The number of imidazole rings is 1. The molecular formula is C34H44N7O4P. The van der Waals surface area contributed by atoms with Crippen LogP contribution in [-0.4, -0.2) is 50.4 Å². The summed E-state index contributed by atoms with van der Waals surface area (Å²) in [5.74, 6) is 1.73. The largest absolute Gasteiger partial charge is 0.412 e. The molecule has 46 heavy (non-hydrogen) atoms. The molecule has 0 bridgehead atoms. The van der Waals surface area contributed by atoms with Crippen LogP contribution in [0.5, 0.6) is 5.75 Å². The number of nitrogens with zero attached hydrogens (tertiary/aromatic N) is 4. The van der Waals surface area contributed by atoms with Gasteiger partial charge in [0.1, 0.15) is 18.7 Å². The Balaban J connectivity index is 1.34. The first kappa shape index (κ1) is 33.1. The van der Waals surface area contributed by atoms with Gasteiger partial charge in [-0.25, -0.2) is 19.7 Å². The summed E-state index contributed by atoms with van der Waals surface area (Å²) in [4.78, 5) is 37.7. The lowest BCUT2D eigenvalue weighted by molar-refractivity contribution is -0.117. The molecule has 2 aromatic heterocycles. The van der Waals surface area contributed by atoms with Gasteiger partial charge in [0.15, 0.2) is 17.0 Å². The second-order valence-electron chi connectivity index (χ2n) is 12.0. The van der Waals surface area contributed by atoms with Crippen molar-refractivity contribution in [2.75, 3.05) is 24.2 Å². The normalized spacial score (nSPS) is 13.6. The number of benzene rings is 2. The number of nitrogens with one attached hydrogen (secondary N) is 2. The molecule has 12 heteroatoms. The zero-order chi connectivity index (χ0) is 32.5. The first-order valence-electron chi connectivity index (χ1n) is 16.3. The Morgan fingerprint density at radius 3 is 2.48 bits per heavy atom. The predicted molar refractivity (Wildman–Crippen MR) is 182 cm³/mol. The van der Waals surface area contributed by atoms with Crippen LogP contribution < -0.4 is 26.4 Å². The average Bonchev–Trinajstić information content (AvgIpc) is 3.72. The summed E-state index contributed by atoms with van der Waals surface area (Å²) in [6.45, 7) is 4.91. The molecule has 2 amide bonds. The van der Waals surface area contributed by atoms with Crippen LogP contribution in [0.2, 0.25) is 0 Å². The number of carbonyl (C=O) groups excluding carboxylic acids is 2. The average molecular weight is 646 g/mol. The smallest absolute Gasteiger partial charge is 0.410 e. The summed E-state index contributed by atoms with van der Waals surface area (Å²) in [6, 6.07) is 15.3. The van der Waals surface area contributed by atoms with Crippen molar-refractivity contribution >= 4 is 47.1 Å². The van der Waals surface area contributed by atoms with Crippen LogP contribution in [0.25, 0.3) is 11.2 Å². The van der Waals surface area contributed by atoms with E-state index in [-0.39, 0.29) is 13.0 Å². The van der Waals surface area contributed by atoms with Gasteiger partial charge < -0.3 is 30.2 Å². The topological polar surface area (TPSA) is 154 Å². The number of aryl methyl sites for hydroxylation is 2. The molecule has 1 aliphatic carbocycles. The molecule has 11 nitrogen and oxygen atoms in total. The van der Waals surface area contributed by atoms with Crippen molar-refractivity contribution in [2.24, 2.45) is 5.73 Å². The van der Waals surface area contributed by atoms with Crippen molar-refractivity contribution in [1.29, 1.82) is 0 Å². The number of anilines is 2. The third-order valence-corrected chi connectivity index (χ3v) is 11.9. The zero-order valence-electron chi connectivity index (χ0n) is 26.7. The van der Waals surface area contributed by atoms with Crippen LogP contribution in [-0.2, 0) is 22.3 Å². The molecule has 1 aliphatic rings. The highest BCUT2D eigenvalue weighted by Gasteiger charge is 2.24. The van der Waals surface area contributed by atoms with Gasteiger partial charge in [-0.3, -0.25) is 4.79 Å². The van der Waals surface area contributed by atoms with E-state index in [0.29, 0.717) is 36.0 Å². The minimum atomic E-state index is -2.40. The van der Waals surface area contributed by atoms with Crippen molar-refractivity contribution in [3.8, 4) is 5.75 Å². The van der Waals surface area contributed by atoms with E-state index in [2.05, 4.69) is 24.5 Å². The van der Waals surface area contributed by atoms with Gasteiger partial charge in [-0.2, -0.15) is 0 Å². The van der Waals surface area contributed by atoms with Crippen molar-refractivity contribution < 1.29 is 18.9 Å². The molecule has 4 N–H and O–H groups in total. The van der Waals surface area contributed by atoms with Crippen LogP contribution >= 0.6 is 7.14 Å². The summed E-state index contributed by atoms with van der Waals surface area (Å²) in [5, 5.41) is 6.94. The number of rotatable bonds is 15. The fraction of sp³-hybridized carbons (Fsp3) is 0.441. The van der Waals surface area contributed by atoms with Crippen LogP contribution in [0.3, 0.4) is 0 Å². The summed E-state index contributed by atoms with van der Waals surface area (Å²) in [5.41, 5.74) is 8.43. The van der Waals surface area contributed by atoms with E-state index in [1.54, 1.807) is 12.4 Å². The Bertz CT molecular complexity index is 1690. The van der Waals surface area contributed by atoms with Gasteiger partial charge in [-0.05, 0) is 74.1 Å². The minimum absolute atomic E-state index is 0.0464. The van der Waals surface area contributed by atoms with Gasteiger partial charge in [0, 0.05) is 48.7 Å². The summed E-state index contributed by atoms with van der Waals surface area (Å²) in [6.07, 6.45) is 9.61. The van der Waals surface area contributed by atoms with Gasteiger partial charge >= 0.3 is 6.09 Å². The Morgan fingerprint density at radius 2 is 1.78 bits per heavy atom. The Kier molecular flexibility index (Phi) is 11.1. The molecule has 4 aromatic rings. The quantitative estimate of drug-likeness (QED) is 0.128. The molecule has 0 aliphatic heterocycles. The highest BCUT2D eigenvalue weighted by molar-refractivity contribution is 7.71. The van der Waals surface area contributed by atoms with E-state index in [1.807, 2.05) is 47.0 Å². The fourth-order valence-corrected chi connectivity index (χ4v) is 8.95. The van der Waals surface area contributed by atoms with E-state index in [1.165, 1.54) is 12.8 Å². The molecule has 0 radical (unpaired) electrons. The molecule has 0 saturated heterocycles. The fourth-order valence-electron chi connectivity index (χ4n) is 6.07. The maximum absolute atomic E-state index is 13.6. The van der Waals surface area contributed by atoms with Crippen LogP contribution in [0, 0.1) is 0 Å². The molecule has 5 rings (SSSR count). The second kappa shape index (κ2) is 15.4. The van der Waals surface area contributed by atoms with Crippen LogP contribution in [0.1, 0.15) is 76.1 Å². The van der Waals surface area contributed by atoms with Gasteiger partial charge in [-0.1, -0.05) is 38.8 Å². The maximum atomic E-state index is 13.6. The number of carbonyl (C=O) groups is 2. The van der Waals surface area contributed by atoms with Gasteiger partial charge in [-0.15, -0.1) is 0 Å². The Labute approximate surface area is 270 Å². The first-order chi connectivity index (χ1) is 22.3. The number of hydrogen-bond donors (Lipinski definition) is 3.